The third-order valence-corrected chi connectivity index (χ3v) is 14.1. The van der Waals surface area contributed by atoms with E-state index in [0.717, 1.165) is 18.5 Å². The zero-order valence-corrected chi connectivity index (χ0v) is 22.7. The Morgan fingerprint density at radius 3 is 1.72 bits per heavy atom. The van der Waals surface area contributed by atoms with Crippen molar-refractivity contribution < 1.29 is 18.1 Å². The fourth-order valence-electron chi connectivity index (χ4n) is 3.83. The fraction of sp³-hybridized carbons (Fsp3) is 0.957. The molecule has 0 N–H and O–H groups in total. The van der Waals surface area contributed by atoms with Crippen LogP contribution in [0, 0.1) is 0 Å². The third-order valence-electron chi connectivity index (χ3n) is 6.37. The molecule has 0 aromatic rings. The van der Waals surface area contributed by atoms with Crippen LogP contribution in [0.3, 0.4) is 0 Å². The molecule has 0 aromatic carbocycles. The lowest BCUT2D eigenvalue weighted by atomic mass is 10.1. The molecule has 2 unspecified atom stereocenters. The van der Waals surface area contributed by atoms with Crippen molar-refractivity contribution in [2.75, 3.05) is 13.2 Å². The predicted molar refractivity (Wildman–Crippen MR) is 128 cm³/mol. The van der Waals surface area contributed by atoms with E-state index in [0.29, 0.717) is 25.2 Å². The second-order valence-corrected chi connectivity index (χ2v) is 15.1. The first-order valence-electron chi connectivity index (χ1n) is 12.2. The standard InChI is InChI=1S/C23H49O4Si2/c1-9-15-17-19-29(21(7)11-3,20-18-16-10-2)27-22(24)23(8,12-4)28(25-13-5)26-14-6/h21H,9-20H2,1-8H3. The van der Waals surface area contributed by atoms with Gasteiger partial charge in [0.25, 0.3) is 14.3 Å². The molecule has 0 saturated heterocycles. The van der Waals surface area contributed by atoms with Crippen LogP contribution < -0.4 is 0 Å². The Bertz CT molecular complexity index is 417. The van der Waals surface area contributed by atoms with Gasteiger partial charge in [0.1, 0.15) is 5.04 Å². The van der Waals surface area contributed by atoms with Gasteiger partial charge >= 0.3 is 9.28 Å². The van der Waals surface area contributed by atoms with Gasteiger partial charge in [-0.25, -0.2) is 0 Å². The molecule has 0 aliphatic rings. The lowest BCUT2D eigenvalue weighted by molar-refractivity contribution is -0.139. The van der Waals surface area contributed by atoms with Gasteiger partial charge in [-0.05, 0) is 44.8 Å². The zero-order chi connectivity index (χ0) is 22.3. The average molecular weight is 446 g/mol. The minimum absolute atomic E-state index is 0.0595. The van der Waals surface area contributed by atoms with Gasteiger partial charge in [-0.2, -0.15) is 0 Å². The zero-order valence-electron chi connectivity index (χ0n) is 20.7. The lowest BCUT2D eigenvalue weighted by Crippen LogP contribution is -2.50. The van der Waals surface area contributed by atoms with Crippen molar-refractivity contribution in [1.82, 2.24) is 0 Å². The van der Waals surface area contributed by atoms with Gasteiger partial charge in [-0.3, -0.25) is 4.79 Å². The molecule has 0 amide bonds. The summed E-state index contributed by atoms with van der Waals surface area (Å²) in [6.45, 7) is 18.2. The molecule has 0 saturated carbocycles. The molecule has 4 nitrogen and oxygen atoms in total. The highest BCUT2D eigenvalue weighted by molar-refractivity contribution is 6.77. The molecule has 0 spiro atoms. The number of carbonyl (C=O) groups excluding carboxylic acids is 1. The minimum Gasteiger partial charge on any atom is -0.518 e. The van der Waals surface area contributed by atoms with Crippen molar-refractivity contribution in [3.8, 4) is 0 Å². The van der Waals surface area contributed by atoms with E-state index in [-0.39, 0.29) is 5.97 Å². The molecule has 0 aliphatic carbocycles. The Balaban J connectivity index is 5.79. The van der Waals surface area contributed by atoms with E-state index in [1.807, 2.05) is 20.8 Å². The summed E-state index contributed by atoms with van der Waals surface area (Å²) in [6, 6.07) is 2.19. The molecule has 1 radical (unpaired) electrons. The molecule has 0 bridgehead atoms. The molecule has 173 valence electrons. The normalized spacial score (nSPS) is 15.3. The summed E-state index contributed by atoms with van der Waals surface area (Å²) in [5, 5.41) is -0.669. The molecule has 6 heteroatoms. The molecular weight excluding hydrogens is 396 g/mol. The molecule has 0 aliphatic heterocycles. The number of rotatable bonds is 18. The van der Waals surface area contributed by atoms with Gasteiger partial charge < -0.3 is 13.3 Å². The number of hydrogen-bond acceptors (Lipinski definition) is 4. The molecule has 0 heterocycles. The Labute approximate surface area is 184 Å². The Morgan fingerprint density at radius 1 is 0.897 bits per heavy atom. The second kappa shape index (κ2) is 15.6. The number of carbonyl (C=O) groups is 1. The Hall–Kier alpha value is -0.176. The van der Waals surface area contributed by atoms with Crippen LogP contribution in [0.1, 0.15) is 107 Å². The maximum Gasteiger partial charge on any atom is 0.402 e. The van der Waals surface area contributed by atoms with Crippen LogP contribution in [0.15, 0.2) is 0 Å². The summed E-state index contributed by atoms with van der Waals surface area (Å²) >= 11 is 0. The van der Waals surface area contributed by atoms with E-state index in [2.05, 4.69) is 34.6 Å². The van der Waals surface area contributed by atoms with Crippen LogP contribution in [0.5, 0.6) is 0 Å². The molecular formula is C23H49O4Si2. The van der Waals surface area contributed by atoms with Crippen molar-refractivity contribution in [3.05, 3.63) is 0 Å². The van der Waals surface area contributed by atoms with E-state index < -0.39 is 22.6 Å². The smallest absolute Gasteiger partial charge is 0.402 e. The molecule has 2 atom stereocenters. The largest absolute Gasteiger partial charge is 0.518 e. The summed E-state index contributed by atoms with van der Waals surface area (Å²) in [4.78, 5) is 13.7. The highest BCUT2D eigenvalue weighted by atomic mass is 28.4. The highest BCUT2D eigenvalue weighted by Crippen LogP contribution is 2.42. The summed E-state index contributed by atoms with van der Waals surface area (Å²) in [5.41, 5.74) is 0.483. The first-order valence-corrected chi connectivity index (χ1v) is 15.9. The van der Waals surface area contributed by atoms with Gasteiger partial charge in [0.15, 0.2) is 0 Å². The quantitative estimate of drug-likeness (QED) is 0.163. The summed E-state index contributed by atoms with van der Waals surface area (Å²) in [6.07, 6.45) is 8.94. The SMILES string of the molecule is CCCCC[Si](CCCCC)(OC(=O)C(C)(CC)[Si](OCC)OCC)C(C)CC. The maximum absolute atomic E-state index is 13.7. The molecule has 0 rings (SSSR count). The van der Waals surface area contributed by atoms with E-state index in [1.54, 1.807) is 0 Å². The van der Waals surface area contributed by atoms with Crippen molar-refractivity contribution in [3.63, 3.8) is 0 Å². The van der Waals surface area contributed by atoms with Gasteiger partial charge in [-0.1, -0.05) is 79.6 Å². The van der Waals surface area contributed by atoms with Gasteiger partial charge in [0.05, 0.1) is 0 Å². The summed E-state index contributed by atoms with van der Waals surface area (Å²) in [7, 11) is -3.94. The highest BCUT2D eigenvalue weighted by Gasteiger charge is 2.51. The first-order chi connectivity index (χ1) is 13.8. The predicted octanol–water partition coefficient (Wildman–Crippen LogP) is 7.39. The van der Waals surface area contributed by atoms with E-state index in [9.17, 15) is 4.79 Å². The monoisotopic (exact) mass is 445 g/mol. The van der Waals surface area contributed by atoms with Crippen LogP contribution >= 0.6 is 0 Å². The van der Waals surface area contributed by atoms with Crippen molar-refractivity contribution >= 4 is 23.6 Å². The molecule has 0 fully saturated rings. The lowest BCUT2D eigenvalue weighted by Gasteiger charge is -2.40. The van der Waals surface area contributed by atoms with Crippen LogP contribution in [0.2, 0.25) is 22.7 Å². The Kier molecular flexibility index (Phi) is 15.5. The second-order valence-electron chi connectivity index (χ2n) is 8.52. The van der Waals surface area contributed by atoms with Crippen LogP contribution in [-0.2, 0) is 18.1 Å². The van der Waals surface area contributed by atoms with Crippen LogP contribution in [-0.4, -0.2) is 36.8 Å². The minimum atomic E-state index is -2.20. The van der Waals surface area contributed by atoms with Gasteiger partial charge in [0, 0.05) is 13.2 Å². The number of hydrogen-bond donors (Lipinski definition) is 0. The molecule has 0 aromatic heterocycles. The van der Waals surface area contributed by atoms with Gasteiger partial charge in [-0.15, -0.1) is 0 Å². The number of unbranched alkanes of at least 4 members (excludes halogenated alkanes) is 4. The van der Waals surface area contributed by atoms with Crippen molar-refractivity contribution in [2.45, 2.75) is 129 Å². The van der Waals surface area contributed by atoms with Crippen LogP contribution in [0.4, 0.5) is 0 Å². The van der Waals surface area contributed by atoms with Crippen molar-refractivity contribution in [2.24, 2.45) is 0 Å². The Morgan fingerprint density at radius 2 is 1.38 bits per heavy atom. The first kappa shape index (κ1) is 28.8. The van der Waals surface area contributed by atoms with Crippen molar-refractivity contribution in [1.29, 1.82) is 0 Å². The molecule has 29 heavy (non-hydrogen) atoms. The van der Waals surface area contributed by atoms with E-state index in [1.165, 1.54) is 38.5 Å². The van der Waals surface area contributed by atoms with Crippen LogP contribution in [0.25, 0.3) is 0 Å². The maximum atomic E-state index is 13.7. The van der Waals surface area contributed by atoms with Gasteiger partial charge in [0.2, 0.25) is 0 Å². The van der Waals surface area contributed by atoms with E-state index in [4.69, 9.17) is 13.3 Å². The summed E-state index contributed by atoms with van der Waals surface area (Å²) in [5.74, 6) is -0.0595. The topological polar surface area (TPSA) is 44.8 Å². The summed E-state index contributed by atoms with van der Waals surface area (Å²) < 4.78 is 18.6. The third kappa shape index (κ3) is 8.84. The van der Waals surface area contributed by atoms with E-state index >= 15 is 0 Å². The average Bonchev–Trinajstić information content (AvgIpc) is 2.72. The fourth-order valence-corrected chi connectivity index (χ4v) is 10.4.